The molecule has 0 aliphatic rings. The van der Waals surface area contributed by atoms with Gasteiger partial charge in [0.1, 0.15) is 0 Å². The predicted octanol–water partition coefficient (Wildman–Crippen LogP) is 1.84. The molecule has 0 saturated heterocycles. The summed E-state index contributed by atoms with van der Waals surface area (Å²) in [5.74, 6) is 0.554. The zero-order valence-corrected chi connectivity index (χ0v) is 10.5. The first kappa shape index (κ1) is 12.1. The Morgan fingerprint density at radius 2 is 2.12 bits per heavy atom. The average molecular weight is 251 g/mol. The molecule has 0 aliphatic heterocycles. The Bertz CT molecular complexity index is 481. The summed E-state index contributed by atoms with van der Waals surface area (Å²) in [4.78, 5) is 0. The predicted molar refractivity (Wildman–Crippen MR) is 67.5 cm³/mol. The molecule has 0 radical (unpaired) electrons. The smallest absolute Gasteiger partial charge is 0.0964 e. The van der Waals surface area contributed by atoms with E-state index in [0.717, 1.165) is 24.3 Å². The summed E-state index contributed by atoms with van der Waals surface area (Å²) in [5, 5.41) is 11.2. The third-order valence-corrected chi connectivity index (χ3v) is 2.74. The van der Waals surface area contributed by atoms with E-state index in [0.29, 0.717) is 5.88 Å². The van der Waals surface area contributed by atoms with Gasteiger partial charge in [0, 0.05) is 32.2 Å². The van der Waals surface area contributed by atoms with E-state index in [1.165, 1.54) is 5.56 Å². The molecule has 0 spiro atoms. The summed E-state index contributed by atoms with van der Waals surface area (Å²) < 4.78 is 1.70. The van der Waals surface area contributed by atoms with Crippen LogP contribution in [0.15, 0.2) is 30.5 Å². The summed E-state index contributed by atoms with van der Waals surface area (Å²) in [5.41, 5.74) is 3.32. The normalized spacial score (nSPS) is 10.7. The van der Waals surface area contributed by atoms with E-state index in [4.69, 9.17) is 11.6 Å². The molecular weight excluding hydrogens is 236 g/mol. The number of hydrogen-bond donors (Lipinski definition) is 1. The van der Waals surface area contributed by atoms with Crippen molar-refractivity contribution >= 4 is 11.6 Å². The van der Waals surface area contributed by atoms with Crippen molar-refractivity contribution in [1.29, 1.82) is 0 Å². The topological polar surface area (TPSA) is 42.7 Å². The highest BCUT2D eigenvalue weighted by molar-refractivity contribution is 6.17. The fourth-order valence-electron chi connectivity index (χ4n) is 1.63. The maximum absolute atomic E-state index is 5.79. The molecule has 0 atom stereocenters. The average Bonchev–Trinajstić information content (AvgIpc) is 2.75. The summed E-state index contributed by atoms with van der Waals surface area (Å²) in [6.45, 7) is 1.53. The van der Waals surface area contributed by atoms with Crippen LogP contribution in [0.25, 0.3) is 0 Å². The lowest BCUT2D eigenvalue weighted by Gasteiger charge is -2.04. The van der Waals surface area contributed by atoms with Crippen molar-refractivity contribution in [3.05, 3.63) is 47.3 Å². The van der Waals surface area contributed by atoms with E-state index < -0.39 is 0 Å². The van der Waals surface area contributed by atoms with E-state index in [9.17, 15) is 0 Å². The summed E-state index contributed by atoms with van der Waals surface area (Å²) in [6, 6.07) is 8.24. The first-order valence-electron chi connectivity index (χ1n) is 5.47. The minimum Gasteiger partial charge on any atom is -0.307 e. The molecule has 90 valence electrons. The summed E-state index contributed by atoms with van der Waals surface area (Å²) in [7, 11) is 1.86. The van der Waals surface area contributed by atoms with Crippen LogP contribution in [-0.4, -0.2) is 15.0 Å². The minimum absolute atomic E-state index is 0.554. The van der Waals surface area contributed by atoms with Crippen LogP contribution in [0.4, 0.5) is 0 Å². The first-order chi connectivity index (χ1) is 8.28. The number of aromatic nitrogens is 3. The SMILES string of the molecule is Cn1cc(CNCc2cccc(CCl)c2)nn1. The number of nitrogens with zero attached hydrogens (tertiary/aromatic N) is 3. The molecule has 17 heavy (non-hydrogen) atoms. The van der Waals surface area contributed by atoms with Gasteiger partial charge in [-0.05, 0) is 11.1 Å². The monoisotopic (exact) mass is 250 g/mol. The minimum atomic E-state index is 0.554. The Morgan fingerprint density at radius 1 is 1.29 bits per heavy atom. The van der Waals surface area contributed by atoms with E-state index in [1.54, 1.807) is 4.68 Å². The number of alkyl halides is 1. The van der Waals surface area contributed by atoms with Crippen molar-refractivity contribution in [3.63, 3.8) is 0 Å². The Morgan fingerprint density at radius 3 is 2.82 bits per heavy atom. The Balaban J connectivity index is 1.85. The number of nitrogens with one attached hydrogen (secondary N) is 1. The van der Waals surface area contributed by atoms with Gasteiger partial charge in [-0.3, -0.25) is 4.68 Å². The van der Waals surface area contributed by atoms with Crippen LogP contribution < -0.4 is 5.32 Å². The van der Waals surface area contributed by atoms with E-state index >= 15 is 0 Å². The van der Waals surface area contributed by atoms with Gasteiger partial charge >= 0.3 is 0 Å². The van der Waals surface area contributed by atoms with Gasteiger partial charge in [0.25, 0.3) is 0 Å². The van der Waals surface area contributed by atoms with E-state index in [2.05, 4.69) is 27.8 Å². The maximum atomic E-state index is 5.79. The number of halogens is 1. The highest BCUT2D eigenvalue weighted by Crippen LogP contribution is 2.07. The zero-order chi connectivity index (χ0) is 12.1. The lowest BCUT2D eigenvalue weighted by molar-refractivity contribution is 0.673. The van der Waals surface area contributed by atoms with Gasteiger partial charge in [0.05, 0.1) is 5.69 Å². The quantitative estimate of drug-likeness (QED) is 0.824. The van der Waals surface area contributed by atoms with Gasteiger partial charge < -0.3 is 5.32 Å². The molecule has 4 nitrogen and oxygen atoms in total. The summed E-state index contributed by atoms with van der Waals surface area (Å²) in [6.07, 6.45) is 1.90. The third kappa shape index (κ3) is 3.54. The first-order valence-corrected chi connectivity index (χ1v) is 6.01. The second-order valence-corrected chi connectivity index (χ2v) is 4.21. The van der Waals surface area contributed by atoms with E-state index in [1.807, 2.05) is 25.4 Å². The van der Waals surface area contributed by atoms with Crippen molar-refractivity contribution in [2.75, 3.05) is 0 Å². The van der Waals surface area contributed by atoms with Crippen LogP contribution in [0.5, 0.6) is 0 Å². The molecule has 1 heterocycles. The highest BCUT2D eigenvalue weighted by Gasteiger charge is 1.98. The largest absolute Gasteiger partial charge is 0.307 e. The molecule has 1 aromatic carbocycles. The molecule has 1 aromatic heterocycles. The van der Waals surface area contributed by atoms with Crippen LogP contribution in [0.3, 0.4) is 0 Å². The van der Waals surface area contributed by atoms with Crippen LogP contribution in [0.1, 0.15) is 16.8 Å². The Hall–Kier alpha value is -1.39. The molecule has 5 heteroatoms. The molecule has 0 saturated carbocycles. The fraction of sp³-hybridized carbons (Fsp3) is 0.333. The Labute approximate surface area is 106 Å². The maximum Gasteiger partial charge on any atom is 0.0964 e. The molecular formula is C12H15ClN4. The van der Waals surface area contributed by atoms with Crippen molar-refractivity contribution < 1.29 is 0 Å². The molecule has 2 rings (SSSR count). The Kier molecular flexibility index (Phi) is 4.12. The van der Waals surface area contributed by atoms with Crippen molar-refractivity contribution in [2.24, 2.45) is 7.05 Å². The molecule has 0 amide bonds. The molecule has 1 N–H and O–H groups in total. The van der Waals surface area contributed by atoms with Crippen LogP contribution in [0, 0.1) is 0 Å². The van der Waals surface area contributed by atoms with Crippen molar-refractivity contribution in [1.82, 2.24) is 20.3 Å². The number of hydrogen-bond acceptors (Lipinski definition) is 3. The number of benzene rings is 1. The standard InChI is InChI=1S/C12H15ClN4/c1-17-9-12(15-16-17)8-14-7-11-4-2-3-10(5-11)6-13/h2-5,9,14H,6-8H2,1H3. The number of aryl methyl sites for hydroxylation is 1. The zero-order valence-electron chi connectivity index (χ0n) is 9.73. The van der Waals surface area contributed by atoms with Crippen LogP contribution in [0.2, 0.25) is 0 Å². The molecule has 2 aromatic rings. The number of rotatable bonds is 5. The molecule has 0 aliphatic carbocycles. The van der Waals surface area contributed by atoms with Crippen molar-refractivity contribution in [3.8, 4) is 0 Å². The second kappa shape index (κ2) is 5.80. The summed E-state index contributed by atoms with van der Waals surface area (Å²) >= 11 is 5.79. The van der Waals surface area contributed by atoms with Gasteiger partial charge in [-0.2, -0.15) is 0 Å². The highest BCUT2D eigenvalue weighted by atomic mass is 35.5. The molecule has 0 bridgehead atoms. The van der Waals surface area contributed by atoms with E-state index in [-0.39, 0.29) is 0 Å². The van der Waals surface area contributed by atoms with Gasteiger partial charge in [0.2, 0.25) is 0 Å². The second-order valence-electron chi connectivity index (χ2n) is 3.94. The van der Waals surface area contributed by atoms with Crippen molar-refractivity contribution in [2.45, 2.75) is 19.0 Å². The fourth-order valence-corrected chi connectivity index (χ4v) is 1.80. The molecule has 0 fully saturated rings. The van der Waals surface area contributed by atoms with Crippen LogP contribution >= 0.6 is 11.6 Å². The van der Waals surface area contributed by atoms with Gasteiger partial charge in [-0.1, -0.05) is 29.5 Å². The lowest BCUT2D eigenvalue weighted by atomic mass is 10.1. The van der Waals surface area contributed by atoms with Gasteiger partial charge in [-0.25, -0.2) is 0 Å². The van der Waals surface area contributed by atoms with Crippen LogP contribution in [-0.2, 0) is 26.0 Å². The lowest BCUT2D eigenvalue weighted by Crippen LogP contribution is -2.13. The van der Waals surface area contributed by atoms with Gasteiger partial charge in [-0.15, -0.1) is 16.7 Å². The third-order valence-electron chi connectivity index (χ3n) is 2.43. The molecule has 0 unspecified atom stereocenters. The van der Waals surface area contributed by atoms with Gasteiger partial charge in [0.15, 0.2) is 0 Å².